The zero-order valence-corrected chi connectivity index (χ0v) is 16.0. The van der Waals surface area contributed by atoms with E-state index >= 15 is 0 Å². The number of rotatable bonds is 5. The number of imidazole rings is 1. The van der Waals surface area contributed by atoms with Gasteiger partial charge in [0.2, 0.25) is 0 Å². The molecule has 4 heterocycles. The maximum Gasteiger partial charge on any atom is 0.257 e. The highest BCUT2D eigenvalue weighted by molar-refractivity contribution is 5.95. The van der Waals surface area contributed by atoms with Gasteiger partial charge in [0, 0.05) is 32.2 Å². The summed E-state index contributed by atoms with van der Waals surface area (Å²) in [6, 6.07) is 1.84. The standard InChI is InChI=1S/C19H23N7O2/c1-3-4-15-14(10-20-12-22-15)19(28)25-7-8-26-13(11-25)9-16(23-26)17(27)18-21-5-6-24(18)2/h5-6,9-10,12,17,27H,3-4,7-8,11H2,1-2H3/t17-/m0/s1. The van der Waals surface area contributed by atoms with E-state index in [1.165, 1.54) is 6.33 Å². The number of aliphatic hydroxyl groups excluding tert-OH is 1. The van der Waals surface area contributed by atoms with Crippen LogP contribution in [0, 0.1) is 0 Å². The molecule has 0 spiro atoms. The number of carbonyl (C=O) groups is 1. The number of hydrogen-bond donors (Lipinski definition) is 1. The maximum atomic E-state index is 13.0. The molecule has 1 aliphatic rings. The number of aliphatic hydroxyl groups is 1. The van der Waals surface area contributed by atoms with Crippen molar-refractivity contribution in [1.29, 1.82) is 0 Å². The maximum absolute atomic E-state index is 13.0. The summed E-state index contributed by atoms with van der Waals surface area (Å²) in [6.07, 6.45) is 7.27. The van der Waals surface area contributed by atoms with Crippen LogP contribution in [0.5, 0.6) is 0 Å². The zero-order chi connectivity index (χ0) is 19.7. The fourth-order valence-corrected chi connectivity index (χ4v) is 3.51. The van der Waals surface area contributed by atoms with Crippen LogP contribution in [0.25, 0.3) is 0 Å². The van der Waals surface area contributed by atoms with Gasteiger partial charge in [0.05, 0.1) is 35.7 Å². The molecule has 0 bridgehead atoms. The second-order valence-corrected chi connectivity index (χ2v) is 6.94. The number of nitrogens with zero attached hydrogens (tertiary/aromatic N) is 7. The molecule has 0 aromatic carbocycles. The lowest BCUT2D eigenvalue weighted by atomic mass is 10.1. The molecule has 28 heavy (non-hydrogen) atoms. The minimum absolute atomic E-state index is 0.0669. The van der Waals surface area contributed by atoms with Gasteiger partial charge in [-0.25, -0.2) is 15.0 Å². The SMILES string of the molecule is CCCc1ncncc1C(=O)N1CCn2nc([C@H](O)c3nccn3C)cc2C1. The van der Waals surface area contributed by atoms with Crippen LogP contribution in [0.2, 0.25) is 0 Å². The first-order chi connectivity index (χ1) is 13.6. The Bertz CT molecular complexity index is 994. The Kier molecular flexibility index (Phi) is 4.91. The van der Waals surface area contributed by atoms with Crippen LogP contribution < -0.4 is 0 Å². The summed E-state index contributed by atoms with van der Waals surface area (Å²) in [6.45, 7) is 3.61. The number of carbonyl (C=O) groups excluding carboxylic acids is 1. The zero-order valence-electron chi connectivity index (χ0n) is 16.0. The molecule has 1 N–H and O–H groups in total. The average molecular weight is 381 g/mol. The van der Waals surface area contributed by atoms with E-state index in [0.29, 0.717) is 36.7 Å². The summed E-state index contributed by atoms with van der Waals surface area (Å²) in [5.41, 5.74) is 2.77. The molecule has 3 aromatic rings. The lowest BCUT2D eigenvalue weighted by Gasteiger charge is -2.28. The third-order valence-corrected chi connectivity index (χ3v) is 5.00. The molecule has 146 valence electrons. The molecule has 1 amide bonds. The largest absolute Gasteiger partial charge is 0.379 e. The fourth-order valence-electron chi connectivity index (χ4n) is 3.51. The van der Waals surface area contributed by atoms with Gasteiger partial charge in [-0.15, -0.1) is 0 Å². The first-order valence-electron chi connectivity index (χ1n) is 9.38. The normalized spacial score (nSPS) is 14.8. The van der Waals surface area contributed by atoms with E-state index in [1.54, 1.807) is 28.1 Å². The predicted octanol–water partition coefficient (Wildman–Crippen LogP) is 1.10. The van der Waals surface area contributed by atoms with Crippen molar-refractivity contribution < 1.29 is 9.90 Å². The Balaban J connectivity index is 1.55. The molecule has 4 rings (SSSR count). The molecule has 0 saturated carbocycles. The second-order valence-electron chi connectivity index (χ2n) is 6.94. The van der Waals surface area contributed by atoms with E-state index in [9.17, 15) is 9.90 Å². The lowest BCUT2D eigenvalue weighted by Crippen LogP contribution is -2.39. The highest BCUT2D eigenvalue weighted by Gasteiger charge is 2.27. The van der Waals surface area contributed by atoms with Gasteiger partial charge < -0.3 is 14.6 Å². The Labute approximate surface area is 162 Å². The van der Waals surface area contributed by atoms with E-state index in [-0.39, 0.29) is 5.91 Å². The topological polar surface area (TPSA) is 102 Å². The molecule has 9 nitrogen and oxygen atoms in total. The summed E-state index contributed by atoms with van der Waals surface area (Å²) in [4.78, 5) is 27.3. The van der Waals surface area contributed by atoms with Crippen molar-refractivity contribution >= 4 is 5.91 Å². The molecular weight excluding hydrogens is 358 g/mol. The minimum atomic E-state index is -0.902. The quantitative estimate of drug-likeness (QED) is 0.710. The van der Waals surface area contributed by atoms with Crippen molar-refractivity contribution in [2.24, 2.45) is 7.05 Å². The van der Waals surface area contributed by atoms with Gasteiger partial charge >= 0.3 is 0 Å². The number of aromatic nitrogens is 6. The van der Waals surface area contributed by atoms with E-state index in [0.717, 1.165) is 24.2 Å². The highest BCUT2D eigenvalue weighted by Crippen LogP contribution is 2.23. The van der Waals surface area contributed by atoms with Crippen molar-refractivity contribution in [2.45, 2.75) is 39.0 Å². The summed E-state index contributed by atoms with van der Waals surface area (Å²) < 4.78 is 3.61. The number of amides is 1. The van der Waals surface area contributed by atoms with Gasteiger partial charge in [0.1, 0.15) is 12.2 Å². The van der Waals surface area contributed by atoms with Gasteiger partial charge in [-0.05, 0) is 12.5 Å². The molecule has 0 unspecified atom stereocenters. The summed E-state index contributed by atoms with van der Waals surface area (Å²) in [5.74, 6) is 0.469. The Morgan fingerprint density at radius 2 is 2.18 bits per heavy atom. The Morgan fingerprint density at radius 3 is 2.93 bits per heavy atom. The number of aryl methyl sites for hydroxylation is 2. The van der Waals surface area contributed by atoms with Gasteiger partial charge in [0.25, 0.3) is 5.91 Å². The second kappa shape index (κ2) is 7.51. The van der Waals surface area contributed by atoms with Crippen LogP contribution in [0.4, 0.5) is 0 Å². The van der Waals surface area contributed by atoms with Gasteiger partial charge in [-0.3, -0.25) is 9.48 Å². The number of fused-ring (bicyclic) bond motifs is 1. The highest BCUT2D eigenvalue weighted by atomic mass is 16.3. The van der Waals surface area contributed by atoms with Crippen LogP contribution in [0.3, 0.4) is 0 Å². The van der Waals surface area contributed by atoms with Crippen molar-refractivity contribution in [3.8, 4) is 0 Å². The van der Waals surface area contributed by atoms with Crippen LogP contribution in [-0.4, -0.2) is 51.8 Å². The fraction of sp³-hybridized carbons (Fsp3) is 0.421. The minimum Gasteiger partial charge on any atom is -0.379 e. The summed E-state index contributed by atoms with van der Waals surface area (Å²) >= 11 is 0. The molecule has 9 heteroatoms. The Morgan fingerprint density at radius 1 is 1.32 bits per heavy atom. The van der Waals surface area contributed by atoms with E-state index in [4.69, 9.17) is 0 Å². The Hall–Kier alpha value is -3.07. The monoisotopic (exact) mass is 381 g/mol. The molecular formula is C19H23N7O2. The van der Waals surface area contributed by atoms with E-state index < -0.39 is 6.10 Å². The van der Waals surface area contributed by atoms with Crippen LogP contribution in [0.15, 0.2) is 31.0 Å². The summed E-state index contributed by atoms with van der Waals surface area (Å²) in [7, 11) is 1.83. The third kappa shape index (κ3) is 3.29. The van der Waals surface area contributed by atoms with E-state index in [2.05, 4.69) is 27.0 Å². The van der Waals surface area contributed by atoms with Gasteiger partial charge in [-0.1, -0.05) is 13.3 Å². The molecule has 0 saturated heterocycles. The molecule has 0 radical (unpaired) electrons. The number of hydrogen-bond acceptors (Lipinski definition) is 6. The van der Waals surface area contributed by atoms with Crippen molar-refractivity contribution in [3.05, 3.63) is 59.5 Å². The smallest absolute Gasteiger partial charge is 0.257 e. The summed E-state index contributed by atoms with van der Waals surface area (Å²) in [5, 5.41) is 15.1. The molecule has 1 aliphatic heterocycles. The first kappa shape index (κ1) is 18.3. The van der Waals surface area contributed by atoms with Crippen molar-refractivity contribution in [1.82, 2.24) is 34.2 Å². The molecule has 1 atom stereocenters. The van der Waals surface area contributed by atoms with Crippen molar-refractivity contribution in [3.63, 3.8) is 0 Å². The average Bonchev–Trinajstić information content (AvgIpc) is 3.33. The van der Waals surface area contributed by atoms with Gasteiger partial charge in [0.15, 0.2) is 6.10 Å². The van der Waals surface area contributed by atoms with Crippen LogP contribution >= 0.6 is 0 Å². The molecule has 3 aromatic heterocycles. The first-order valence-corrected chi connectivity index (χ1v) is 9.38. The van der Waals surface area contributed by atoms with Crippen molar-refractivity contribution in [2.75, 3.05) is 6.54 Å². The van der Waals surface area contributed by atoms with E-state index in [1.807, 2.05) is 17.8 Å². The van der Waals surface area contributed by atoms with Crippen LogP contribution in [-0.2, 0) is 26.6 Å². The third-order valence-electron chi connectivity index (χ3n) is 5.00. The predicted molar refractivity (Wildman–Crippen MR) is 100 cm³/mol. The van der Waals surface area contributed by atoms with Gasteiger partial charge in [-0.2, -0.15) is 5.10 Å². The van der Waals surface area contributed by atoms with Crippen LogP contribution in [0.1, 0.15) is 52.7 Å². The molecule has 0 fully saturated rings. The molecule has 0 aliphatic carbocycles. The lowest BCUT2D eigenvalue weighted by molar-refractivity contribution is 0.0703.